The fourth-order valence-electron chi connectivity index (χ4n) is 2.91. The van der Waals surface area contributed by atoms with Gasteiger partial charge >= 0.3 is 0 Å². The molecule has 0 spiro atoms. The summed E-state index contributed by atoms with van der Waals surface area (Å²) in [7, 11) is 1.78. The zero-order valence-electron chi connectivity index (χ0n) is 12.3. The predicted molar refractivity (Wildman–Crippen MR) is 76.3 cm³/mol. The molecule has 2 nitrogen and oxygen atoms in total. The highest BCUT2D eigenvalue weighted by atomic mass is 16.5. The molecule has 100 valence electrons. The van der Waals surface area contributed by atoms with E-state index in [2.05, 4.69) is 51.2 Å². The topological polar surface area (TPSA) is 21.3 Å². The first-order valence-corrected chi connectivity index (χ1v) is 6.81. The van der Waals surface area contributed by atoms with E-state index in [9.17, 15) is 0 Å². The van der Waals surface area contributed by atoms with Gasteiger partial charge in [-0.15, -0.1) is 0 Å². The van der Waals surface area contributed by atoms with E-state index < -0.39 is 0 Å². The number of hydrogen-bond donors (Lipinski definition) is 1. The summed E-state index contributed by atoms with van der Waals surface area (Å²) < 4.78 is 5.74. The summed E-state index contributed by atoms with van der Waals surface area (Å²) in [5, 5.41) is 3.62. The molecule has 1 saturated heterocycles. The van der Waals surface area contributed by atoms with E-state index in [4.69, 9.17) is 4.74 Å². The molecule has 1 aliphatic heterocycles. The molecule has 0 saturated carbocycles. The Bertz CT molecular complexity index is 425. The third-order valence-corrected chi connectivity index (χ3v) is 3.99. The van der Waals surface area contributed by atoms with Gasteiger partial charge in [-0.05, 0) is 37.3 Å². The summed E-state index contributed by atoms with van der Waals surface area (Å²) in [5.74, 6) is 1.06. The summed E-state index contributed by atoms with van der Waals surface area (Å²) in [5.41, 5.74) is 2.76. The highest BCUT2D eigenvalue weighted by molar-refractivity contribution is 5.48. The van der Waals surface area contributed by atoms with E-state index in [1.54, 1.807) is 7.11 Å². The molecular formula is C16H25NO. The number of nitrogens with one attached hydrogen (secondary N) is 1. The fourth-order valence-corrected chi connectivity index (χ4v) is 2.91. The van der Waals surface area contributed by atoms with Gasteiger partial charge in [0.25, 0.3) is 0 Å². The lowest BCUT2D eigenvalue weighted by Crippen LogP contribution is -2.34. The van der Waals surface area contributed by atoms with Gasteiger partial charge in [-0.3, -0.25) is 0 Å². The van der Waals surface area contributed by atoms with Gasteiger partial charge in [-0.25, -0.2) is 0 Å². The average Bonchev–Trinajstić information content (AvgIpc) is 2.75. The summed E-state index contributed by atoms with van der Waals surface area (Å²) >= 11 is 0. The molecule has 1 aliphatic rings. The van der Waals surface area contributed by atoms with Crippen LogP contribution in [-0.2, 0) is 11.0 Å². The Balaban J connectivity index is 2.55. The molecule has 1 heterocycles. The SMILES string of the molecule is COc1c(C(C)(C)C)cccc1C1(C)CCCN1. The monoisotopic (exact) mass is 247 g/mol. The van der Waals surface area contributed by atoms with Crippen LogP contribution in [0.4, 0.5) is 0 Å². The van der Waals surface area contributed by atoms with Crippen molar-refractivity contribution in [3.8, 4) is 5.75 Å². The second kappa shape index (κ2) is 4.58. The molecule has 0 aromatic heterocycles. The third-order valence-electron chi connectivity index (χ3n) is 3.99. The van der Waals surface area contributed by atoms with Crippen LogP contribution >= 0.6 is 0 Å². The molecule has 1 unspecified atom stereocenters. The van der Waals surface area contributed by atoms with Crippen molar-refractivity contribution in [2.24, 2.45) is 0 Å². The first-order chi connectivity index (χ1) is 8.38. The quantitative estimate of drug-likeness (QED) is 0.862. The number of methoxy groups -OCH3 is 1. The lowest BCUT2D eigenvalue weighted by atomic mass is 9.81. The van der Waals surface area contributed by atoms with Crippen LogP contribution in [0, 0.1) is 0 Å². The first kappa shape index (κ1) is 13.4. The van der Waals surface area contributed by atoms with E-state index in [0.717, 1.165) is 12.3 Å². The Morgan fingerprint density at radius 3 is 2.50 bits per heavy atom. The van der Waals surface area contributed by atoms with Crippen molar-refractivity contribution in [1.82, 2.24) is 5.32 Å². The van der Waals surface area contributed by atoms with Crippen LogP contribution in [0.25, 0.3) is 0 Å². The minimum atomic E-state index is 0.0621. The summed E-state index contributed by atoms with van der Waals surface area (Å²) in [6, 6.07) is 6.54. The minimum Gasteiger partial charge on any atom is -0.496 e. The predicted octanol–water partition coefficient (Wildman–Crippen LogP) is 3.59. The third kappa shape index (κ3) is 2.26. The second-order valence-electron chi connectivity index (χ2n) is 6.50. The van der Waals surface area contributed by atoms with Crippen molar-refractivity contribution in [3.05, 3.63) is 29.3 Å². The van der Waals surface area contributed by atoms with Crippen molar-refractivity contribution in [2.45, 2.75) is 51.5 Å². The number of hydrogen-bond acceptors (Lipinski definition) is 2. The molecule has 1 aromatic rings. The van der Waals surface area contributed by atoms with Crippen molar-refractivity contribution >= 4 is 0 Å². The number of benzene rings is 1. The van der Waals surface area contributed by atoms with Crippen LogP contribution in [0.5, 0.6) is 5.75 Å². The molecule has 0 amide bonds. The zero-order valence-corrected chi connectivity index (χ0v) is 12.3. The van der Waals surface area contributed by atoms with Crippen LogP contribution in [0.1, 0.15) is 51.7 Å². The Labute approximate surface area is 111 Å². The van der Waals surface area contributed by atoms with Gasteiger partial charge in [0.15, 0.2) is 0 Å². The maximum atomic E-state index is 5.74. The van der Waals surface area contributed by atoms with Gasteiger partial charge in [0, 0.05) is 11.1 Å². The van der Waals surface area contributed by atoms with Crippen molar-refractivity contribution in [3.63, 3.8) is 0 Å². The second-order valence-corrected chi connectivity index (χ2v) is 6.50. The van der Waals surface area contributed by atoms with Crippen LogP contribution < -0.4 is 10.1 Å². The molecule has 2 rings (SSSR count). The van der Waals surface area contributed by atoms with Crippen molar-refractivity contribution in [2.75, 3.05) is 13.7 Å². The zero-order chi connectivity index (χ0) is 13.4. The molecular weight excluding hydrogens is 222 g/mol. The Hall–Kier alpha value is -1.02. The Morgan fingerprint density at radius 2 is 2.00 bits per heavy atom. The molecule has 1 N–H and O–H groups in total. The van der Waals surface area contributed by atoms with E-state index >= 15 is 0 Å². The van der Waals surface area contributed by atoms with Gasteiger partial charge in [0.05, 0.1) is 7.11 Å². The van der Waals surface area contributed by atoms with Crippen LogP contribution in [0.2, 0.25) is 0 Å². The van der Waals surface area contributed by atoms with E-state index in [-0.39, 0.29) is 11.0 Å². The summed E-state index contributed by atoms with van der Waals surface area (Å²) in [6.45, 7) is 10.1. The smallest absolute Gasteiger partial charge is 0.127 e. The minimum absolute atomic E-state index is 0.0621. The average molecular weight is 247 g/mol. The standard InChI is InChI=1S/C16H25NO/c1-15(2,3)12-8-6-9-13(14(12)18-5)16(4)10-7-11-17-16/h6,8-9,17H,7,10-11H2,1-5H3. The summed E-state index contributed by atoms with van der Waals surface area (Å²) in [4.78, 5) is 0. The molecule has 0 aliphatic carbocycles. The number of ether oxygens (including phenoxy) is 1. The normalized spacial score (nSPS) is 24.3. The van der Waals surface area contributed by atoms with Gasteiger partial charge in [0.1, 0.15) is 5.75 Å². The lowest BCUT2D eigenvalue weighted by Gasteiger charge is -2.31. The van der Waals surface area contributed by atoms with Gasteiger partial charge < -0.3 is 10.1 Å². The Morgan fingerprint density at radius 1 is 1.28 bits per heavy atom. The molecule has 0 radical (unpaired) electrons. The highest BCUT2D eigenvalue weighted by Gasteiger charge is 2.34. The fraction of sp³-hybridized carbons (Fsp3) is 0.625. The molecule has 1 aromatic carbocycles. The molecule has 1 fully saturated rings. The van der Waals surface area contributed by atoms with E-state index in [0.29, 0.717) is 0 Å². The van der Waals surface area contributed by atoms with Crippen molar-refractivity contribution < 1.29 is 4.74 Å². The maximum absolute atomic E-state index is 5.74. The van der Waals surface area contributed by atoms with E-state index in [1.165, 1.54) is 24.0 Å². The lowest BCUT2D eigenvalue weighted by molar-refractivity contribution is 0.359. The molecule has 18 heavy (non-hydrogen) atoms. The highest BCUT2D eigenvalue weighted by Crippen LogP contribution is 2.41. The maximum Gasteiger partial charge on any atom is 0.127 e. The van der Waals surface area contributed by atoms with Crippen LogP contribution in [-0.4, -0.2) is 13.7 Å². The van der Waals surface area contributed by atoms with Crippen molar-refractivity contribution in [1.29, 1.82) is 0 Å². The summed E-state index contributed by atoms with van der Waals surface area (Å²) in [6.07, 6.45) is 2.41. The largest absolute Gasteiger partial charge is 0.496 e. The number of para-hydroxylation sites is 1. The molecule has 0 bridgehead atoms. The van der Waals surface area contributed by atoms with Gasteiger partial charge in [-0.1, -0.05) is 39.0 Å². The van der Waals surface area contributed by atoms with Gasteiger partial charge in [-0.2, -0.15) is 0 Å². The first-order valence-electron chi connectivity index (χ1n) is 6.81. The van der Waals surface area contributed by atoms with Crippen LogP contribution in [0.15, 0.2) is 18.2 Å². The van der Waals surface area contributed by atoms with E-state index in [1.807, 2.05) is 0 Å². The molecule has 2 heteroatoms. The van der Waals surface area contributed by atoms with Crippen LogP contribution in [0.3, 0.4) is 0 Å². The number of rotatable bonds is 2. The molecule has 1 atom stereocenters. The Kier molecular flexibility index (Phi) is 3.41. The van der Waals surface area contributed by atoms with Gasteiger partial charge in [0.2, 0.25) is 0 Å².